The van der Waals surface area contributed by atoms with Crippen LogP contribution in [0.4, 0.5) is 11.8 Å². The van der Waals surface area contributed by atoms with E-state index in [0.717, 1.165) is 22.8 Å². The van der Waals surface area contributed by atoms with Gasteiger partial charge < -0.3 is 10.6 Å². The van der Waals surface area contributed by atoms with E-state index in [1.807, 2.05) is 49.5 Å². The number of rotatable bonds is 6. The summed E-state index contributed by atoms with van der Waals surface area (Å²) >= 11 is 0. The molecule has 2 N–H and O–H groups in total. The van der Waals surface area contributed by atoms with Gasteiger partial charge in [-0.25, -0.2) is 4.98 Å². The van der Waals surface area contributed by atoms with Crippen molar-refractivity contribution in [1.82, 2.24) is 19.9 Å². The van der Waals surface area contributed by atoms with Gasteiger partial charge in [-0.1, -0.05) is 12.1 Å². The molecule has 0 aliphatic heterocycles. The van der Waals surface area contributed by atoms with Crippen LogP contribution in [0, 0.1) is 6.92 Å². The van der Waals surface area contributed by atoms with Gasteiger partial charge in [-0.15, -0.1) is 0 Å². The number of hydrogen-bond donors (Lipinski definition) is 2. The zero-order valence-electron chi connectivity index (χ0n) is 12.9. The minimum absolute atomic E-state index is 0.595. The maximum atomic E-state index is 4.48. The number of aryl methyl sites for hydroxylation is 1. The van der Waals surface area contributed by atoms with Crippen LogP contribution in [0.5, 0.6) is 0 Å². The van der Waals surface area contributed by atoms with E-state index in [1.165, 1.54) is 0 Å². The highest BCUT2D eigenvalue weighted by atomic mass is 15.1. The summed E-state index contributed by atoms with van der Waals surface area (Å²) in [5.41, 5.74) is 2.95. The summed E-state index contributed by atoms with van der Waals surface area (Å²) in [6.07, 6.45) is 5.36. The normalized spacial score (nSPS) is 10.3. The summed E-state index contributed by atoms with van der Waals surface area (Å²) in [5.74, 6) is 1.37. The summed E-state index contributed by atoms with van der Waals surface area (Å²) in [6.45, 7) is 3.21. The summed E-state index contributed by atoms with van der Waals surface area (Å²) in [7, 11) is 0. The van der Waals surface area contributed by atoms with Crippen LogP contribution in [0.2, 0.25) is 0 Å². The molecule has 3 aromatic rings. The van der Waals surface area contributed by atoms with E-state index < -0.39 is 0 Å². The van der Waals surface area contributed by atoms with Crippen molar-refractivity contribution in [3.8, 4) is 0 Å². The van der Waals surface area contributed by atoms with Crippen LogP contribution in [-0.4, -0.2) is 19.9 Å². The molecule has 3 heterocycles. The zero-order chi connectivity index (χ0) is 15.9. The maximum Gasteiger partial charge on any atom is 0.225 e. The Balaban J connectivity index is 1.64. The Kier molecular flexibility index (Phi) is 4.73. The van der Waals surface area contributed by atoms with Gasteiger partial charge in [0.1, 0.15) is 5.82 Å². The minimum atomic E-state index is 0.595. The second kappa shape index (κ2) is 7.31. The van der Waals surface area contributed by atoms with Crippen molar-refractivity contribution >= 4 is 11.8 Å². The molecule has 0 aliphatic carbocycles. The Labute approximate surface area is 135 Å². The van der Waals surface area contributed by atoms with Crippen LogP contribution in [0.15, 0.2) is 55.0 Å². The van der Waals surface area contributed by atoms with E-state index in [0.29, 0.717) is 19.0 Å². The van der Waals surface area contributed by atoms with Crippen LogP contribution in [0.3, 0.4) is 0 Å². The Morgan fingerprint density at radius 1 is 0.957 bits per heavy atom. The molecular formula is C17H18N6. The van der Waals surface area contributed by atoms with Gasteiger partial charge in [-0.2, -0.15) is 4.98 Å². The lowest BCUT2D eigenvalue weighted by molar-refractivity contribution is 0.990. The van der Waals surface area contributed by atoms with Crippen molar-refractivity contribution in [2.75, 3.05) is 10.6 Å². The van der Waals surface area contributed by atoms with E-state index >= 15 is 0 Å². The first-order valence-corrected chi connectivity index (χ1v) is 7.42. The molecule has 0 bridgehead atoms. The van der Waals surface area contributed by atoms with Gasteiger partial charge in [0.2, 0.25) is 5.95 Å². The molecule has 6 heteroatoms. The molecule has 0 aliphatic rings. The highest BCUT2D eigenvalue weighted by Gasteiger charge is 2.03. The Bertz CT molecular complexity index is 684. The van der Waals surface area contributed by atoms with E-state index in [-0.39, 0.29) is 0 Å². The van der Waals surface area contributed by atoms with E-state index in [4.69, 9.17) is 0 Å². The molecule has 0 unspecified atom stereocenters. The minimum Gasteiger partial charge on any atom is -0.364 e. The fourth-order valence-corrected chi connectivity index (χ4v) is 2.11. The summed E-state index contributed by atoms with van der Waals surface area (Å²) in [6, 6.07) is 11.7. The summed E-state index contributed by atoms with van der Waals surface area (Å²) in [4.78, 5) is 17.3. The van der Waals surface area contributed by atoms with Gasteiger partial charge >= 0.3 is 0 Å². The average Bonchev–Trinajstić information content (AvgIpc) is 2.60. The third-order valence-corrected chi connectivity index (χ3v) is 3.20. The number of nitrogens with one attached hydrogen (secondary N) is 2. The molecule has 23 heavy (non-hydrogen) atoms. The van der Waals surface area contributed by atoms with Crippen LogP contribution >= 0.6 is 0 Å². The fourth-order valence-electron chi connectivity index (χ4n) is 2.11. The average molecular weight is 306 g/mol. The van der Waals surface area contributed by atoms with E-state index in [1.54, 1.807) is 12.4 Å². The number of pyridine rings is 2. The monoisotopic (exact) mass is 306 g/mol. The first-order chi connectivity index (χ1) is 11.3. The van der Waals surface area contributed by atoms with Crippen LogP contribution in [0.25, 0.3) is 0 Å². The lowest BCUT2D eigenvalue weighted by Gasteiger charge is -2.09. The van der Waals surface area contributed by atoms with Gasteiger partial charge in [-0.3, -0.25) is 9.97 Å². The molecule has 0 spiro atoms. The van der Waals surface area contributed by atoms with Crippen molar-refractivity contribution in [2.24, 2.45) is 0 Å². The number of nitrogens with zero attached hydrogens (tertiary/aromatic N) is 4. The van der Waals surface area contributed by atoms with E-state index in [9.17, 15) is 0 Å². The third kappa shape index (κ3) is 4.47. The highest BCUT2D eigenvalue weighted by Crippen LogP contribution is 2.11. The SMILES string of the molecule is Cc1cc(NCc2ccccn2)nc(NCc2cccnc2)n1. The lowest BCUT2D eigenvalue weighted by atomic mass is 10.3. The summed E-state index contributed by atoms with van der Waals surface area (Å²) < 4.78 is 0. The fraction of sp³-hybridized carbons (Fsp3) is 0.176. The molecule has 3 aromatic heterocycles. The Morgan fingerprint density at radius 2 is 1.91 bits per heavy atom. The molecule has 116 valence electrons. The number of aromatic nitrogens is 4. The first kappa shape index (κ1) is 14.9. The summed E-state index contributed by atoms with van der Waals surface area (Å²) in [5, 5.41) is 6.50. The molecular weight excluding hydrogens is 288 g/mol. The standard InChI is InChI=1S/C17H18N6/c1-13-9-16(20-12-15-6-2-3-8-19-15)23-17(22-13)21-11-14-5-4-7-18-10-14/h2-10H,11-12H2,1H3,(H2,20,21,22,23). The quantitative estimate of drug-likeness (QED) is 0.729. The molecule has 0 fully saturated rings. The van der Waals surface area contributed by atoms with Gasteiger partial charge in [0.05, 0.1) is 12.2 Å². The smallest absolute Gasteiger partial charge is 0.225 e. The van der Waals surface area contributed by atoms with E-state index in [2.05, 4.69) is 30.6 Å². The molecule has 0 amide bonds. The van der Waals surface area contributed by atoms with Crippen molar-refractivity contribution in [1.29, 1.82) is 0 Å². The topological polar surface area (TPSA) is 75.6 Å². The second-order valence-corrected chi connectivity index (χ2v) is 5.11. The second-order valence-electron chi connectivity index (χ2n) is 5.11. The molecule has 0 saturated heterocycles. The van der Waals surface area contributed by atoms with Crippen LogP contribution < -0.4 is 10.6 Å². The predicted octanol–water partition coefficient (Wildman–Crippen LogP) is 2.80. The Morgan fingerprint density at radius 3 is 2.70 bits per heavy atom. The van der Waals surface area contributed by atoms with Crippen molar-refractivity contribution in [3.63, 3.8) is 0 Å². The zero-order valence-corrected chi connectivity index (χ0v) is 12.9. The first-order valence-electron chi connectivity index (χ1n) is 7.42. The molecule has 3 rings (SSSR count). The van der Waals surface area contributed by atoms with Crippen LogP contribution in [-0.2, 0) is 13.1 Å². The van der Waals surface area contributed by atoms with Gasteiger partial charge in [-0.05, 0) is 30.7 Å². The third-order valence-electron chi connectivity index (χ3n) is 3.20. The molecule has 6 nitrogen and oxygen atoms in total. The molecule has 0 atom stereocenters. The lowest BCUT2D eigenvalue weighted by Crippen LogP contribution is -2.08. The highest BCUT2D eigenvalue weighted by molar-refractivity contribution is 5.42. The van der Waals surface area contributed by atoms with Crippen LogP contribution in [0.1, 0.15) is 17.0 Å². The molecule has 0 saturated carbocycles. The van der Waals surface area contributed by atoms with Gasteiger partial charge in [0.15, 0.2) is 0 Å². The number of anilines is 2. The predicted molar refractivity (Wildman–Crippen MR) is 89.9 cm³/mol. The van der Waals surface area contributed by atoms with Gasteiger partial charge in [0, 0.05) is 36.9 Å². The Hall–Kier alpha value is -3.02. The maximum absolute atomic E-state index is 4.48. The van der Waals surface area contributed by atoms with Gasteiger partial charge in [0.25, 0.3) is 0 Å². The van der Waals surface area contributed by atoms with Crippen molar-refractivity contribution in [2.45, 2.75) is 20.0 Å². The van der Waals surface area contributed by atoms with Crippen molar-refractivity contribution in [3.05, 3.63) is 71.9 Å². The number of hydrogen-bond acceptors (Lipinski definition) is 6. The largest absolute Gasteiger partial charge is 0.364 e. The molecule has 0 aromatic carbocycles. The van der Waals surface area contributed by atoms with Crippen molar-refractivity contribution < 1.29 is 0 Å². The molecule has 0 radical (unpaired) electrons.